The van der Waals surface area contributed by atoms with Crippen molar-refractivity contribution in [3.05, 3.63) is 11.1 Å². The van der Waals surface area contributed by atoms with Crippen molar-refractivity contribution in [1.29, 1.82) is 0 Å². The van der Waals surface area contributed by atoms with Gasteiger partial charge in [0, 0.05) is 18.5 Å². The lowest BCUT2D eigenvalue weighted by Gasteiger charge is -2.22. The summed E-state index contributed by atoms with van der Waals surface area (Å²) in [5.74, 6) is 0.523. The van der Waals surface area contributed by atoms with Crippen LogP contribution in [0.4, 0.5) is 5.13 Å². The monoisotopic (exact) mass is 244 g/mol. The van der Waals surface area contributed by atoms with Gasteiger partial charge in [-0.2, -0.15) is 0 Å². The van der Waals surface area contributed by atoms with Crippen LogP contribution in [0.3, 0.4) is 0 Å². The van der Waals surface area contributed by atoms with Crippen LogP contribution < -0.4 is 4.90 Å². The number of nitrogens with zero attached hydrogens (tertiary/aromatic N) is 2. The molecule has 0 saturated carbocycles. The van der Waals surface area contributed by atoms with Crippen LogP contribution in [0.15, 0.2) is 5.38 Å². The van der Waals surface area contributed by atoms with Crippen LogP contribution >= 0.6 is 22.9 Å². The van der Waals surface area contributed by atoms with Crippen molar-refractivity contribution in [2.24, 2.45) is 5.41 Å². The number of aromatic nitrogens is 1. The summed E-state index contributed by atoms with van der Waals surface area (Å²) in [6, 6.07) is 0. The average Bonchev–Trinajstić information content (AvgIpc) is 2.84. The zero-order valence-electron chi connectivity index (χ0n) is 9.29. The molecule has 0 N–H and O–H groups in total. The second kappa shape index (κ2) is 4.30. The SMILES string of the molecule is CCC1(C)CCN(c2nc(CCl)cs2)C1. The maximum Gasteiger partial charge on any atom is 0.185 e. The van der Waals surface area contributed by atoms with Gasteiger partial charge >= 0.3 is 0 Å². The average molecular weight is 245 g/mol. The topological polar surface area (TPSA) is 16.1 Å². The molecule has 1 aliphatic heterocycles. The summed E-state index contributed by atoms with van der Waals surface area (Å²) in [5.41, 5.74) is 1.48. The fourth-order valence-electron chi connectivity index (χ4n) is 1.98. The molecule has 84 valence electrons. The number of anilines is 1. The summed E-state index contributed by atoms with van der Waals surface area (Å²) in [4.78, 5) is 6.92. The van der Waals surface area contributed by atoms with Crippen LogP contribution in [0, 0.1) is 5.41 Å². The number of hydrogen-bond acceptors (Lipinski definition) is 3. The molecule has 0 bridgehead atoms. The molecular weight excluding hydrogens is 228 g/mol. The molecule has 1 aromatic rings. The Morgan fingerprint density at radius 1 is 1.67 bits per heavy atom. The summed E-state index contributed by atoms with van der Waals surface area (Å²) in [5, 5.41) is 3.20. The molecule has 2 rings (SSSR count). The van der Waals surface area contributed by atoms with Crippen molar-refractivity contribution in [1.82, 2.24) is 4.98 Å². The van der Waals surface area contributed by atoms with Gasteiger partial charge in [0.2, 0.25) is 0 Å². The van der Waals surface area contributed by atoms with Crippen molar-refractivity contribution >= 4 is 28.1 Å². The van der Waals surface area contributed by atoms with Crippen molar-refractivity contribution in [2.45, 2.75) is 32.6 Å². The standard InChI is InChI=1S/C11H17ClN2S/c1-3-11(2)4-5-14(8-11)10-13-9(6-12)7-15-10/h7H,3-6,8H2,1-2H3. The Labute approximate surface area is 100 Å². The lowest BCUT2D eigenvalue weighted by Crippen LogP contribution is -2.24. The lowest BCUT2D eigenvalue weighted by molar-refractivity contribution is 0.355. The second-order valence-electron chi connectivity index (χ2n) is 4.59. The molecule has 1 aliphatic rings. The third kappa shape index (κ3) is 2.28. The molecular formula is C11H17ClN2S. The minimum absolute atomic E-state index is 0.479. The van der Waals surface area contributed by atoms with E-state index in [0.29, 0.717) is 11.3 Å². The van der Waals surface area contributed by atoms with E-state index < -0.39 is 0 Å². The molecule has 1 atom stereocenters. The molecule has 2 heterocycles. The van der Waals surface area contributed by atoms with E-state index in [1.54, 1.807) is 11.3 Å². The smallest absolute Gasteiger partial charge is 0.185 e. The molecule has 15 heavy (non-hydrogen) atoms. The lowest BCUT2D eigenvalue weighted by atomic mass is 9.87. The van der Waals surface area contributed by atoms with Gasteiger partial charge in [0.05, 0.1) is 11.6 Å². The van der Waals surface area contributed by atoms with Gasteiger partial charge in [-0.05, 0) is 18.3 Å². The van der Waals surface area contributed by atoms with E-state index in [1.807, 2.05) is 0 Å². The number of rotatable bonds is 3. The quantitative estimate of drug-likeness (QED) is 0.757. The molecule has 0 spiro atoms. The van der Waals surface area contributed by atoms with Crippen molar-refractivity contribution in [2.75, 3.05) is 18.0 Å². The molecule has 4 heteroatoms. The molecule has 0 radical (unpaired) electrons. The number of alkyl halides is 1. The van der Waals surface area contributed by atoms with E-state index in [9.17, 15) is 0 Å². The third-order valence-electron chi connectivity index (χ3n) is 3.36. The van der Waals surface area contributed by atoms with E-state index >= 15 is 0 Å². The van der Waals surface area contributed by atoms with Crippen molar-refractivity contribution < 1.29 is 0 Å². The van der Waals surface area contributed by atoms with Gasteiger partial charge in [0.25, 0.3) is 0 Å². The Hall–Kier alpha value is -0.280. The summed E-state index contributed by atoms with van der Waals surface area (Å²) in [6.45, 7) is 6.91. The Morgan fingerprint density at radius 2 is 2.47 bits per heavy atom. The number of hydrogen-bond donors (Lipinski definition) is 0. The largest absolute Gasteiger partial charge is 0.348 e. The van der Waals surface area contributed by atoms with E-state index in [0.717, 1.165) is 23.9 Å². The maximum atomic E-state index is 5.76. The van der Waals surface area contributed by atoms with Gasteiger partial charge in [-0.3, -0.25) is 0 Å². The molecule has 0 aliphatic carbocycles. The van der Waals surface area contributed by atoms with Crippen LogP contribution in [-0.4, -0.2) is 18.1 Å². The highest BCUT2D eigenvalue weighted by Crippen LogP contribution is 2.36. The van der Waals surface area contributed by atoms with E-state index in [-0.39, 0.29) is 0 Å². The van der Waals surface area contributed by atoms with Gasteiger partial charge in [-0.25, -0.2) is 4.98 Å². The number of halogens is 1. The van der Waals surface area contributed by atoms with Gasteiger partial charge < -0.3 is 4.90 Å². The zero-order valence-corrected chi connectivity index (χ0v) is 10.9. The normalized spacial score (nSPS) is 26.2. The predicted molar refractivity (Wildman–Crippen MR) is 66.9 cm³/mol. The van der Waals surface area contributed by atoms with Crippen molar-refractivity contribution in [3.63, 3.8) is 0 Å². The minimum atomic E-state index is 0.479. The molecule has 1 unspecified atom stereocenters. The summed E-state index contributed by atoms with van der Waals surface area (Å²) in [7, 11) is 0. The first kappa shape index (κ1) is 11.2. The molecule has 2 nitrogen and oxygen atoms in total. The second-order valence-corrected chi connectivity index (χ2v) is 5.69. The highest BCUT2D eigenvalue weighted by atomic mass is 35.5. The van der Waals surface area contributed by atoms with Crippen LogP contribution in [-0.2, 0) is 5.88 Å². The first-order chi connectivity index (χ1) is 7.17. The molecule has 1 aromatic heterocycles. The Kier molecular flexibility index (Phi) is 3.21. The maximum absolute atomic E-state index is 5.76. The first-order valence-corrected chi connectivity index (χ1v) is 6.83. The van der Waals surface area contributed by atoms with Crippen molar-refractivity contribution in [3.8, 4) is 0 Å². The highest BCUT2D eigenvalue weighted by molar-refractivity contribution is 7.13. The Morgan fingerprint density at radius 3 is 3.00 bits per heavy atom. The Bertz CT molecular complexity index is 339. The van der Waals surface area contributed by atoms with Gasteiger partial charge in [-0.1, -0.05) is 13.8 Å². The van der Waals surface area contributed by atoms with Gasteiger partial charge in [0.15, 0.2) is 5.13 Å². The molecule has 1 fully saturated rings. The molecule has 1 saturated heterocycles. The summed E-state index contributed by atoms with van der Waals surface area (Å²) < 4.78 is 0. The van der Waals surface area contributed by atoms with Crippen LogP contribution in [0.2, 0.25) is 0 Å². The summed E-state index contributed by atoms with van der Waals surface area (Å²) in [6.07, 6.45) is 2.52. The molecule has 0 aromatic carbocycles. The highest BCUT2D eigenvalue weighted by Gasteiger charge is 2.33. The zero-order chi connectivity index (χ0) is 10.9. The number of thiazole rings is 1. The van der Waals surface area contributed by atoms with Crippen LogP contribution in [0.5, 0.6) is 0 Å². The van der Waals surface area contributed by atoms with E-state index in [1.165, 1.54) is 12.8 Å². The fourth-order valence-corrected chi connectivity index (χ4v) is 3.06. The van der Waals surface area contributed by atoms with Crippen LogP contribution in [0.1, 0.15) is 32.4 Å². The fraction of sp³-hybridized carbons (Fsp3) is 0.727. The van der Waals surface area contributed by atoms with Gasteiger partial charge in [0.1, 0.15) is 0 Å². The Balaban J connectivity index is 2.07. The first-order valence-electron chi connectivity index (χ1n) is 5.42. The predicted octanol–water partition coefficient (Wildman–Crippen LogP) is 3.51. The third-order valence-corrected chi connectivity index (χ3v) is 4.58. The van der Waals surface area contributed by atoms with E-state index in [4.69, 9.17) is 11.6 Å². The van der Waals surface area contributed by atoms with Gasteiger partial charge in [-0.15, -0.1) is 22.9 Å². The van der Waals surface area contributed by atoms with Crippen LogP contribution in [0.25, 0.3) is 0 Å². The molecule has 0 amide bonds. The minimum Gasteiger partial charge on any atom is -0.348 e. The summed E-state index contributed by atoms with van der Waals surface area (Å²) >= 11 is 7.47. The van der Waals surface area contributed by atoms with E-state index in [2.05, 4.69) is 29.1 Å².